The molecule has 0 aromatic heterocycles. The van der Waals surface area contributed by atoms with Crippen LogP contribution in [0, 0.1) is 0 Å². The lowest BCUT2D eigenvalue weighted by Crippen LogP contribution is -2.36. The summed E-state index contributed by atoms with van der Waals surface area (Å²) in [7, 11) is 0. The zero-order chi connectivity index (χ0) is 15.4. The average molecular weight is 361 g/mol. The monoisotopic (exact) mass is 360 g/mol. The van der Waals surface area contributed by atoms with Crippen molar-refractivity contribution in [2.45, 2.75) is 30.3 Å². The van der Waals surface area contributed by atoms with Gasteiger partial charge in [-0.2, -0.15) is 0 Å². The minimum atomic E-state index is -1.52. The molecular weight excluding hydrogens is 347 g/mol. The predicted molar refractivity (Wildman–Crippen MR) is 74.8 cm³/mol. The topological polar surface area (TPSA) is 61.8 Å². The van der Waals surface area contributed by atoms with Crippen LogP contribution in [-0.2, 0) is 19.0 Å². The summed E-state index contributed by atoms with van der Waals surface area (Å²) in [5.74, 6) is -1.17. The first-order chi connectivity index (χ1) is 9.99. The molecule has 0 bridgehead atoms. The maximum atomic E-state index is 13.8. The van der Waals surface area contributed by atoms with E-state index in [2.05, 4.69) is 15.9 Å². The lowest BCUT2D eigenvalue weighted by Gasteiger charge is -2.18. The molecule has 0 N–H and O–H groups in total. The molecule has 1 aliphatic rings. The van der Waals surface area contributed by atoms with Crippen molar-refractivity contribution in [2.75, 3.05) is 6.61 Å². The largest absolute Gasteiger partial charge is 0.459 e. The minimum Gasteiger partial charge on any atom is -0.459 e. The molecule has 1 aliphatic heterocycles. The van der Waals surface area contributed by atoms with E-state index < -0.39 is 35.3 Å². The smallest absolute Gasteiger partial charge is 0.338 e. The number of hydrogen-bond acceptors (Lipinski definition) is 5. The molecule has 0 amide bonds. The number of halogens is 2. The van der Waals surface area contributed by atoms with E-state index in [9.17, 15) is 14.0 Å². The van der Waals surface area contributed by atoms with E-state index in [1.165, 1.54) is 6.92 Å². The van der Waals surface area contributed by atoms with Gasteiger partial charge >= 0.3 is 11.9 Å². The van der Waals surface area contributed by atoms with Gasteiger partial charge in [0, 0.05) is 6.92 Å². The van der Waals surface area contributed by atoms with Gasteiger partial charge in [-0.1, -0.05) is 34.1 Å². The van der Waals surface area contributed by atoms with E-state index in [1.807, 2.05) is 0 Å². The van der Waals surface area contributed by atoms with Crippen molar-refractivity contribution in [1.82, 2.24) is 0 Å². The first-order valence-electron chi connectivity index (χ1n) is 6.32. The Morgan fingerprint density at radius 1 is 1.33 bits per heavy atom. The molecule has 1 unspecified atom stereocenters. The fourth-order valence-corrected chi connectivity index (χ4v) is 2.53. The molecule has 7 heteroatoms. The summed E-state index contributed by atoms with van der Waals surface area (Å²) in [4.78, 5) is 22.8. The Labute approximate surface area is 129 Å². The number of esters is 2. The third-order valence-corrected chi connectivity index (χ3v) is 3.65. The van der Waals surface area contributed by atoms with Crippen LogP contribution in [0.15, 0.2) is 30.3 Å². The molecule has 2 rings (SSSR count). The SMILES string of the molecule is CC(=O)O[C@H]1[C@H](F)C(Br)O[C@@H]1COC(=O)c1ccccc1. The molecule has 1 saturated heterocycles. The Bertz CT molecular complexity index is 509. The Hall–Kier alpha value is -1.47. The van der Waals surface area contributed by atoms with Crippen molar-refractivity contribution in [1.29, 1.82) is 0 Å². The molecule has 0 radical (unpaired) electrons. The number of ether oxygens (including phenoxy) is 3. The van der Waals surface area contributed by atoms with Gasteiger partial charge in [0.05, 0.1) is 5.56 Å². The highest BCUT2D eigenvalue weighted by atomic mass is 79.9. The average Bonchev–Trinajstić information content (AvgIpc) is 2.73. The minimum absolute atomic E-state index is 0.200. The lowest BCUT2D eigenvalue weighted by molar-refractivity contribution is -0.152. The van der Waals surface area contributed by atoms with Crippen molar-refractivity contribution >= 4 is 27.9 Å². The van der Waals surface area contributed by atoms with Gasteiger partial charge in [0.25, 0.3) is 0 Å². The van der Waals surface area contributed by atoms with Crippen LogP contribution < -0.4 is 0 Å². The number of hydrogen-bond donors (Lipinski definition) is 0. The molecule has 21 heavy (non-hydrogen) atoms. The van der Waals surface area contributed by atoms with E-state index >= 15 is 0 Å². The molecule has 1 aromatic carbocycles. The molecule has 1 aromatic rings. The van der Waals surface area contributed by atoms with Crippen LogP contribution in [0.5, 0.6) is 0 Å². The van der Waals surface area contributed by atoms with Crippen LogP contribution in [0.3, 0.4) is 0 Å². The molecule has 1 fully saturated rings. The zero-order valence-electron chi connectivity index (χ0n) is 11.2. The molecular formula is C14H14BrFO5. The van der Waals surface area contributed by atoms with Crippen molar-refractivity contribution in [3.63, 3.8) is 0 Å². The highest BCUT2D eigenvalue weighted by Crippen LogP contribution is 2.30. The molecule has 114 valence electrons. The maximum absolute atomic E-state index is 13.8. The third kappa shape index (κ3) is 4.01. The van der Waals surface area contributed by atoms with E-state index in [0.717, 1.165) is 0 Å². The standard InChI is InChI=1S/C14H14BrFO5/c1-8(17)20-12-10(21-13(15)11(12)16)7-19-14(18)9-5-3-2-4-6-9/h2-6,10-13H,7H2,1H3/t10-,11+,12-,13?/m1/s1. The van der Waals surface area contributed by atoms with Crippen molar-refractivity contribution in [3.05, 3.63) is 35.9 Å². The van der Waals surface area contributed by atoms with E-state index in [-0.39, 0.29) is 6.61 Å². The van der Waals surface area contributed by atoms with E-state index in [4.69, 9.17) is 14.2 Å². The summed E-state index contributed by atoms with van der Waals surface area (Å²) < 4.78 is 29.1. The van der Waals surface area contributed by atoms with Crippen LogP contribution in [0.25, 0.3) is 0 Å². The first kappa shape index (κ1) is 15.9. The number of carbonyl (C=O) groups excluding carboxylic acids is 2. The molecule has 4 atom stereocenters. The Morgan fingerprint density at radius 2 is 2.00 bits per heavy atom. The summed E-state index contributed by atoms with van der Waals surface area (Å²) in [5, 5.41) is -0.901. The second-order valence-corrected chi connectivity index (χ2v) is 5.41. The second-order valence-electron chi connectivity index (χ2n) is 4.51. The van der Waals surface area contributed by atoms with Gasteiger partial charge < -0.3 is 14.2 Å². The quantitative estimate of drug-likeness (QED) is 0.608. The zero-order valence-corrected chi connectivity index (χ0v) is 12.8. The highest BCUT2D eigenvalue weighted by molar-refractivity contribution is 9.09. The van der Waals surface area contributed by atoms with E-state index in [0.29, 0.717) is 5.56 Å². The van der Waals surface area contributed by atoms with Crippen LogP contribution in [-0.4, -0.2) is 41.9 Å². The normalized spacial score (nSPS) is 28.1. The Kier molecular flexibility index (Phi) is 5.30. The predicted octanol–water partition coefficient (Wildman–Crippen LogP) is 2.23. The van der Waals surface area contributed by atoms with Gasteiger partial charge in [-0.05, 0) is 12.1 Å². The highest BCUT2D eigenvalue weighted by Gasteiger charge is 2.46. The summed E-state index contributed by atoms with van der Waals surface area (Å²) in [5.41, 5.74) is 0.381. The lowest BCUT2D eigenvalue weighted by atomic mass is 10.2. The molecule has 0 aliphatic carbocycles. The van der Waals surface area contributed by atoms with Gasteiger partial charge in [0.2, 0.25) is 0 Å². The third-order valence-electron chi connectivity index (χ3n) is 2.93. The summed E-state index contributed by atoms with van der Waals surface area (Å²) >= 11 is 3.00. The first-order valence-corrected chi connectivity index (χ1v) is 7.23. The molecule has 0 saturated carbocycles. The van der Waals surface area contributed by atoms with Crippen LogP contribution >= 0.6 is 15.9 Å². The summed E-state index contributed by atoms with van der Waals surface area (Å²) in [6, 6.07) is 8.39. The van der Waals surface area contributed by atoms with Gasteiger partial charge in [-0.3, -0.25) is 4.79 Å². The number of alkyl halides is 2. The van der Waals surface area contributed by atoms with E-state index in [1.54, 1.807) is 30.3 Å². The van der Waals surface area contributed by atoms with Crippen molar-refractivity contribution < 1.29 is 28.2 Å². The van der Waals surface area contributed by atoms with Crippen LogP contribution in [0.2, 0.25) is 0 Å². The summed E-state index contributed by atoms with van der Waals surface area (Å²) in [6.07, 6.45) is -3.47. The molecule has 0 spiro atoms. The van der Waals surface area contributed by atoms with Crippen molar-refractivity contribution in [3.8, 4) is 0 Å². The Morgan fingerprint density at radius 3 is 2.62 bits per heavy atom. The summed E-state index contributed by atoms with van der Waals surface area (Å²) in [6.45, 7) is 0.982. The fourth-order valence-electron chi connectivity index (χ4n) is 1.96. The van der Waals surface area contributed by atoms with Gasteiger partial charge in [0.1, 0.15) is 17.7 Å². The molecule has 5 nitrogen and oxygen atoms in total. The van der Waals surface area contributed by atoms with Gasteiger partial charge in [-0.25, -0.2) is 9.18 Å². The second kappa shape index (κ2) is 7.00. The number of carbonyl (C=O) groups is 2. The Balaban J connectivity index is 1.95. The number of rotatable bonds is 4. The molecule has 1 heterocycles. The van der Waals surface area contributed by atoms with Gasteiger partial charge in [-0.15, -0.1) is 0 Å². The number of benzene rings is 1. The van der Waals surface area contributed by atoms with Crippen LogP contribution in [0.4, 0.5) is 4.39 Å². The van der Waals surface area contributed by atoms with Crippen molar-refractivity contribution in [2.24, 2.45) is 0 Å². The maximum Gasteiger partial charge on any atom is 0.338 e. The van der Waals surface area contributed by atoms with Crippen LogP contribution in [0.1, 0.15) is 17.3 Å². The fraction of sp³-hybridized carbons (Fsp3) is 0.429. The van der Waals surface area contributed by atoms with Gasteiger partial charge in [0.15, 0.2) is 12.3 Å².